The van der Waals surface area contributed by atoms with Gasteiger partial charge in [0.05, 0.1) is 5.41 Å². The molecule has 3 rings (SSSR count). The average molecular weight is 308 g/mol. The third-order valence-electron chi connectivity index (χ3n) is 4.41. The minimum absolute atomic E-state index is 0.0231. The lowest BCUT2D eigenvalue weighted by atomic mass is 9.64. The van der Waals surface area contributed by atoms with E-state index >= 15 is 0 Å². The molecule has 0 spiro atoms. The van der Waals surface area contributed by atoms with Crippen LogP contribution in [0.1, 0.15) is 31.7 Å². The number of benzene rings is 2. The second kappa shape index (κ2) is 6.24. The molecule has 2 aromatic rings. The van der Waals surface area contributed by atoms with Crippen LogP contribution in [0.25, 0.3) is 0 Å². The second-order valence-electron chi connectivity index (χ2n) is 6.02. The SMILES string of the molecule is CC(=O)Nc1cccc(NC(=O)C2(c3ccccc3)CCC2)c1. The molecule has 23 heavy (non-hydrogen) atoms. The molecule has 2 N–H and O–H groups in total. The summed E-state index contributed by atoms with van der Waals surface area (Å²) < 4.78 is 0. The molecule has 0 unspecified atom stereocenters. The molecule has 0 heterocycles. The van der Waals surface area contributed by atoms with Crippen molar-refractivity contribution in [2.75, 3.05) is 10.6 Å². The maximum atomic E-state index is 12.9. The van der Waals surface area contributed by atoms with E-state index in [1.54, 1.807) is 12.1 Å². The van der Waals surface area contributed by atoms with Gasteiger partial charge in [0.1, 0.15) is 0 Å². The maximum Gasteiger partial charge on any atom is 0.235 e. The molecule has 0 aromatic heterocycles. The fourth-order valence-corrected chi connectivity index (χ4v) is 3.06. The van der Waals surface area contributed by atoms with Crippen LogP contribution in [-0.4, -0.2) is 11.8 Å². The lowest BCUT2D eigenvalue weighted by molar-refractivity contribution is -0.124. The van der Waals surface area contributed by atoms with E-state index in [0.717, 1.165) is 24.8 Å². The zero-order valence-corrected chi connectivity index (χ0v) is 13.1. The molecule has 0 bridgehead atoms. The molecule has 0 saturated heterocycles. The Labute approximate surface area is 135 Å². The van der Waals surface area contributed by atoms with Crippen LogP contribution in [0.2, 0.25) is 0 Å². The van der Waals surface area contributed by atoms with Crippen molar-refractivity contribution in [2.24, 2.45) is 0 Å². The topological polar surface area (TPSA) is 58.2 Å². The van der Waals surface area contributed by atoms with Crippen LogP contribution in [0.15, 0.2) is 54.6 Å². The summed E-state index contributed by atoms with van der Waals surface area (Å²) >= 11 is 0. The molecule has 0 aliphatic heterocycles. The van der Waals surface area contributed by atoms with Gasteiger partial charge < -0.3 is 10.6 Å². The number of anilines is 2. The highest BCUT2D eigenvalue weighted by molar-refractivity contribution is 6.00. The Morgan fingerprint density at radius 2 is 1.57 bits per heavy atom. The summed E-state index contributed by atoms with van der Waals surface area (Å²) in [6.07, 6.45) is 2.80. The smallest absolute Gasteiger partial charge is 0.235 e. The lowest BCUT2D eigenvalue weighted by Gasteiger charge is -2.40. The molecular formula is C19H20N2O2. The third kappa shape index (κ3) is 3.11. The highest BCUT2D eigenvalue weighted by Gasteiger charge is 2.45. The Bertz CT molecular complexity index is 721. The van der Waals surface area contributed by atoms with Gasteiger partial charge in [-0.1, -0.05) is 42.8 Å². The summed E-state index contributed by atoms with van der Waals surface area (Å²) in [5.74, 6) is -0.108. The zero-order valence-electron chi connectivity index (χ0n) is 13.1. The van der Waals surface area contributed by atoms with E-state index in [9.17, 15) is 9.59 Å². The largest absolute Gasteiger partial charge is 0.326 e. The normalized spacial score (nSPS) is 15.3. The van der Waals surface area contributed by atoms with Crippen LogP contribution < -0.4 is 10.6 Å². The van der Waals surface area contributed by atoms with Crippen LogP contribution >= 0.6 is 0 Å². The summed E-state index contributed by atoms with van der Waals surface area (Å²) in [5.41, 5.74) is 2.02. The van der Waals surface area contributed by atoms with Gasteiger partial charge in [-0.05, 0) is 36.6 Å². The van der Waals surface area contributed by atoms with Crippen molar-refractivity contribution >= 4 is 23.2 Å². The van der Waals surface area contributed by atoms with Crippen molar-refractivity contribution in [1.29, 1.82) is 0 Å². The van der Waals surface area contributed by atoms with E-state index in [2.05, 4.69) is 10.6 Å². The first-order chi connectivity index (χ1) is 11.1. The van der Waals surface area contributed by atoms with Crippen molar-refractivity contribution in [2.45, 2.75) is 31.6 Å². The number of carbonyl (C=O) groups is 2. The van der Waals surface area contributed by atoms with E-state index < -0.39 is 5.41 Å². The first-order valence-corrected chi connectivity index (χ1v) is 7.85. The average Bonchev–Trinajstić information content (AvgIpc) is 2.47. The standard InChI is InChI=1S/C19H20N2O2/c1-14(22)20-16-9-5-10-17(13-16)21-18(23)19(11-6-12-19)15-7-3-2-4-8-15/h2-5,7-10,13H,6,11-12H2,1H3,(H,20,22)(H,21,23). The van der Waals surface area contributed by atoms with E-state index in [1.165, 1.54) is 6.92 Å². The summed E-state index contributed by atoms with van der Waals surface area (Å²) in [7, 11) is 0. The van der Waals surface area contributed by atoms with Gasteiger partial charge in [-0.25, -0.2) is 0 Å². The lowest BCUT2D eigenvalue weighted by Crippen LogP contribution is -2.45. The molecule has 0 radical (unpaired) electrons. The van der Waals surface area contributed by atoms with Crippen LogP contribution in [0.4, 0.5) is 11.4 Å². The highest BCUT2D eigenvalue weighted by atomic mass is 16.2. The summed E-state index contributed by atoms with van der Waals surface area (Å²) in [4.78, 5) is 24.0. The Hall–Kier alpha value is -2.62. The monoisotopic (exact) mass is 308 g/mol. The number of nitrogens with one attached hydrogen (secondary N) is 2. The Balaban J connectivity index is 1.80. The minimum Gasteiger partial charge on any atom is -0.326 e. The molecule has 2 aromatic carbocycles. The van der Waals surface area contributed by atoms with Crippen molar-refractivity contribution < 1.29 is 9.59 Å². The predicted molar refractivity (Wildman–Crippen MR) is 91.3 cm³/mol. The fraction of sp³-hybridized carbons (Fsp3) is 0.263. The van der Waals surface area contributed by atoms with Gasteiger partial charge in [0.25, 0.3) is 0 Å². The summed E-state index contributed by atoms with van der Waals surface area (Å²) in [6.45, 7) is 1.46. The summed E-state index contributed by atoms with van der Waals surface area (Å²) in [6, 6.07) is 17.2. The van der Waals surface area contributed by atoms with Gasteiger partial charge >= 0.3 is 0 Å². The maximum absolute atomic E-state index is 12.9. The summed E-state index contributed by atoms with van der Waals surface area (Å²) in [5, 5.41) is 5.73. The Morgan fingerprint density at radius 3 is 2.13 bits per heavy atom. The quantitative estimate of drug-likeness (QED) is 0.904. The first kappa shape index (κ1) is 15.3. The molecule has 0 atom stereocenters. The Kier molecular flexibility index (Phi) is 4.15. The molecule has 4 heteroatoms. The van der Waals surface area contributed by atoms with Crippen molar-refractivity contribution in [3.05, 3.63) is 60.2 Å². The first-order valence-electron chi connectivity index (χ1n) is 7.85. The molecule has 1 aliphatic carbocycles. The predicted octanol–water partition coefficient (Wildman–Crippen LogP) is 3.71. The second-order valence-corrected chi connectivity index (χ2v) is 6.02. The fourth-order valence-electron chi connectivity index (χ4n) is 3.06. The minimum atomic E-state index is -0.425. The molecule has 1 fully saturated rings. The number of hydrogen-bond donors (Lipinski definition) is 2. The van der Waals surface area contributed by atoms with Crippen LogP contribution in [0.3, 0.4) is 0 Å². The number of hydrogen-bond acceptors (Lipinski definition) is 2. The van der Waals surface area contributed by atoms with Gasteiger partial charge in [-0.3, -0.25) is 9.59 Å². The third-order valence-corrected chi connectivity index (χ3v) is 4.41. The van der Waals surface area contributed by atoms with E-state index in [0.29, 0.717) is 11.4 Å². The number of amides is 2. The van der Waals surface area contributed by atoms with E-state index in [4.69, 9.17) is 0 Å². The molecular weight excluding hydrogens is 288 g/mol. The number of carbonyl (C=O) groups excluding carboxylic acids is 2. The van der Waals surface area contributed by atoms with E-state index in [1.807, 2.05) is 42.5 Å². The Morgan fingerprint density at radius 1 is 0.913 bits per heavy atom. The number of rotatable bonds is 4. The van der Waals surface area contributed by atoms with Crippen molar-refractivity contribution in [3.63, 3.8) is 0 Å². The highest BCUT2D eigenvalue weighted by Crippen LogP contribution is 2.44. The van der Waals surface area contributed by atoms with Gasteiger partial charge in [0, 0.05) is 18.3 Å². The molecule has 2 amide bonds. The van der Waals surface area contributed by atoms with Crippen LogP contribution in [-0.2, 0) is 15.0 Å². The van der Waals surface area contributed by atoms with Gasteiger partial charge in [0.15, 0.2) is 0 Å². The molecule has 1 saturated carbocycles. The molecule has 4 nitrogen and oxygen atoms in total. The van der Waals surface area contributed by atoms with Crippen molar-refractivity contribution in [3.8, 4) is 0 Å². The van der Waals surface area contributed by atoms with Crippen LogP contribution in [0.5, 0.6) is 0 Å². The van der Waals surface area contributed by atoms with Gasteiger partial charge in [-0.15, -0.1) is 0 Å². The molecule has 118 valence electrons. The molecule has 1 aliphatic rings. The van der Waals surface area contributed by atoms with Crippen molar-refractivity contribution in [1.82, 2.24) is 0 Å². The van der Waals surface area contributed by atoms with Crippen LogP contribution in [0, 0.1) is 0 Å². The zero-order chi connectivity index (χ0) is 16.3. The van der Waals surface area contributed by atoms with E-state index in [-0.39, 0.29) is 11.8 Å². The van der Waals surface area contributed by atoms with Gasteiger partial charge in [0.2, 0.25) is 11.8 Å². The van der Waals surface area contributed by atoms with Gasteiger partial charge in [-0.2, -0.15) is 0 Å².